The second-order valence-corrected chi connectivity index (χ2v) is 6.87. The molecule has 3 aromatic rings. The summed E-state index contributed by atoms with van der Waals surface area (Å²) in [6.07, 6.45) is 3.92. The van der Waals surface area contributed by atoms with Crippen LogP contribution in [0.2, 0.25) is 0 Å². The van der Waals surface area contributed by atoms with E-state index in [-0.39, 0.29) is 0 Å². The lowest BCUT2D eigenvalue weighted by atomic mass is 9.66. The third kappa shape index (κ3) is 3.77. The molecule has 3 rings (SSSR count). The number of hydrogen-bond acceptors (Lipinski definition) is 4. The van der Waals surface area contributed by atoms with Crippen molar-refractivity contribution in [2.24, 2.45) is 5.16 Å². The monoisotopic (exact) mass is 374 g/mol. The van der Waals surface area contributed by atoms with Gasteiger partial charge in [0.2, 0.25) is 0 Å². The molecule has 4 heteroatoms. The average Bonchev–Trinajstić information content (AvgIpc) is 2.71. The highest BCUT2D eigenvalue weighted by Gasteiger charge is 2.37. The van der Waals surface area contributed by atoms with E-state index in [9.17, 15) is 5.21 Å². The van der Waals surface area contributed by atoms with Crippen molar-refractivity contribution in [3.63, 3.8) is 0 Å². The lowest BCUT2D eigenvalue weighted by molar-refractivity contribution is 0.319. The van der Waals surface area contributed by atoms with Gasteiger partial charge < -0.3 is 9.94 Å². The summed E-state index contributed by atoms with van der Waals surface area (Å²) in [6, 6.07) is 20.7. The van der Waals surface area contributed by atoms with E-state index in [0.717, 1.165) is 22.6 Å². The van der Waals surface area contributed by atoms with Gasteiger partial charge in [0.15, 0.2) is 0 Å². The van der Waals surface area contributed by atoms with Crippen molar-refractivity contribution < 1.29 is 9.94 Å². The normalized spacial score (nSPS) is 13.4. The van der Waals surface area contributed by atoms with Gasteiger partial charge >= 0.3 is 0 Å². The second kappa shape index (κ2) is 8.70. The molecule has 1 N–H and O–H groups in total. The van der Waals surface area contributed by atoms with Crippen LogP contribution in [0.3, 0.4) is 0 Å². The molecule has 0 spiro atoms. The Labute approximate surface area is 166 Å². The van der Waals surface area contributed by atoms with Crippen molar-refractivity contribution >= 4 is 6.21 Å². The molecular formula is C24H26N2O2. The molecule has 1 aromatic heterocycles. The van der Waals surface area contributed by atoms with Gasteiger partial charge in [-0.15, -0.1) is 5.16 Å². The predicted octanol–water partition coefficient (Wildman–Crippen LogP) is 5.28. The zero-order valence-corrected chi connectivity index (χ0v) is 16.6. The highest BCUT2D eigenvalue weighted by atomic mass is 16.5. The Kier molecular flexibility index (Phi) is 6.09. The molecule has 0 radical (unpaired) electrons. The maximum atomic E-state index is 9.25. The number of ether oxygens (including phenoxy) is 1. The smallest absolute Gasteiger partial charge is 0.119 e. The highest BCUT2D eigenvalue weighted by Crippen LogP contribution is 2.43. The highest BCUT2D eigenvalue weighted by molar-refractivity contribution is 5.66. The first-order valence-electron chi connectivity index (χ1n) is 9.50. The minimum Gasteiger partial charge on any atom is -0.494 e. The van der Waals surface area contributed by atoms with Crippen LogP contribution in [0.4, 0.5) is 0 Å². The first-order valence-corrected chi connectivity index (χ1v) is 9.50. The molecule has 0 aliphatic carbocycles. The number of hydrogen-bond donors (Lipinski definition) is 1. The van der Waals surface area contributed by atoms with Crippen LogP contribution < -0.4 is 4.74 Å². The molecular weight excluding hydrogens is 348 g/mol. The second-order valence-electron chi connectivity index (χ2n) is 6.87. The Bertz CT molecular complexity index is 951. The molecule has 2 aromatic carbocycles. The lowest BCUT2D eigenvalue weighted by Crippen LogP contribution is -2.31. The Hall–Kier alpha value is -3.14. The average molecular weight is 374 g/mol. The summed E-state index contributed by atoms with van der Waals surface area (Å²) in [7, 11) is 0. The van der Waals surface area contributed by atoms with E-state index in [0.29, 0.717) is 13.0 Å². The SMILES string of the molecule is CCOc1ccc([C@](C/C=N/O)(c2ccnc(C)c2)c2ccccc2C)cc1. The zero-order chi connectivity index (χ0) is 20.0. The molecule has 28 heavy (non-hydrogen) atoms. The standard InChI is InChI=1S/C24H26N2O2/c1-4-28-22-11-9-20(10-12-22)24(14-16-26-27,21-13-15-25-19(3)17-21)23-8-6-5-7-18(23)2/h5-13,15-17,27H,4,14H2,1-3H3/b26-16+/t24-/m1/s1. The van der Waals surface area contributed by atoms with E-state index in [1.54, 1.807) is 6.21 Å². The third-order valence-corrected chi connectivity index (χ3v) is 5.13. The van der Waals surface area contributed by atoms with Crippen LogP contribution in [0.5, 0.6) is 5.75 Å². The van der Waals surface area contributed by atoms with Crippen LogP contribution in [-0.2, 0) is 5.41 Å². The van der Waals surface area contributed by atoms with Crippen LogP contribution in [0, 0.1) is 13.8 Å². The fraction of sp³-hybridized carbons (Fsp3) is 0.250. The molecule has 0 fully saturated rings. The van der Waals surface area contributed by atoms with Crippen LogP contribution in [0.25, 0.3) is 0 Å². The number of nitrogens with zero attached hydrogens (tertiary/aromatic N) is 2. The van der Waals surface area contributed by atoms with Crippen LogP contribution in [0.1, 0.15) is 41.3 Å². The topological polar surface area (TPSA) is 54.7 Å². The third-order valence-electron chi connectivity index (χ3n) is 5.13. The number of benzene rings is 2. The van der Waals surface area contributed by atoms with E-state index in [2.05, 4.69) is 53.5 Å². The van der Waals surface area contributed by atoms with Gasteiger partial charge in [-0.1, -0.05) is 36.4 Å². The number of rotatable bonds is 7. The number of oxime groups is 1. The molecule has 0 bridgehead atoms. The van der Waals surface area contributed by atoms with Gasteiger partial charge in [-0.2, -0.15) is 0 Å². The van der Waals surface area contributed by atoms with Crippen molar-refractivity contribution in [2.75, 3.05) is 6.61 Å². The Morgan fingerprint density at radius 2 is 1.79 bits per heavy atom. The van der Waals surface area contributed by atoms with Crippen molar-refractivity contribution in [3.8, 4) is 5.75 Å². The largest absolute Gasteiger partial charge is 0.494 e. The Morgan fingerprint density at radius 3 is 2.43 bits per heavy atom. The van der Waals surface area contributed by atoms with Gasteiger partial charge in [0.1, 0.15) is 5.75 Å². The maximum Gasteiger partial charge on any atom is 0.119 e. The summed E-state index contributed by atoms with van der Waals surface area (Å²) in [5.74, 6) is 0.840. The minimum atomic E-state index is -0.504. The van der Waals surface area contributed by atoms with Crippen LogP contribution in [-0.4, -0.2) is 23.0 Å². The quantitative estimate of drug-likeness (QED) is 0.348. The summed E-state index contributed by atoms with van der Waals surface area (Å²) >= 11 is 0. The molecule has 0 aliphatic rings. The molecule has 0 aliphatic heterocycles. The molecule has 0 amide bonds. The van der Waals surface area contributed by atoms with Gasteiger partial charge in [0.25, 0.3) is 0 Å². The predicted molar refractivity (Wildman–Crippen MR) is 113 cm³/mol. The summed E-state index contributed by atoms with van der Waals surface area (Å²) < 4.78 is 5.63. The fourth-order valence-corrected chi connectivity index (χ4v) is 3.87. The first kappa shape index (κ1) is 19.6. The van der Waals surface area contributed by atoms with Gasteiger partial charge in [0, 0.05) is 24.5 Å². The summed E-state index contributed by atoms with van der Waals surface area (Å²) in [4.78, 5) is 4.38. The molecule has 144 valence electrons. The molecule has 1 atom stereocenters. The Balaban J connectivity index is 2.31. The molecule has 0 saturated carbocycles. The van der Waals surface area contributed by atoms with Gasteiger partial charge in [-0.25, -0.2) is 0 Å². The zero-order valence-electron chi connectivity index (χ0n) is 16.6. The number of pyridine rings is 1. The van der Waals surface area contributed by atoms with Crippen LogP contribution in [0.15, 0.2) is 72.0 Å². The maximum absolute atomic E-state index is 9.25. The van der Waals surface area contributed by atoms with Gasteiger partial charge in [0.05, 0.1) is 12.0 Å². The van der Waals surface area contributed by atoms with E-state index in [1.165, 1.54) is 11.1 Å². The van der Waals surface area contributed by atoms with Crippen molar-refractivity contribution in [1.82, 2.24) is 4.98 Å². The number of aromatic nitrogens is 1. The minimum absolute atomic E-state index is 0.504. The van der Waals surface area contributed by atoms with Crippen LogP contribution >= 0.6 is 0 Å². The molecule has 4 nitrogen and oxygen atoms in total. The van der Waals surface area contributed by atoms with Crippen molar-refractivity contribution in [1.29, 1.82) is 0 Å². The van der Waals surface area contributed by atoms with E-state index < -0.39 is 5.41 Å². The van der Waals surface area contributed by atoms with Gasteiger partial charge in [-0.3, -0.25) is 4.98 Å². The fourth-order valence-electron chi connectivity index (χ4n) is 3.87. The van der Waals surface area contributed by atoms with Crippen molar-refractivity contribution in [2.45, 2.75) is 32.6 Å². The number of aryl methyl sites for hydroxylation is 2. The van der Waals surface area contributed by atoms with Crippen molar-refractivity contribution in [3.05, 3.63) is 94.8 Å². The summed E-state index contributed by atoms with van der Waals surface area (Å²) in [5.41, 5.74) is 5.01. The summed E-state index contributed by atoms with van der Waals surface area (Å²) in [5, 5.41) is 12.6. The molecule has 0 saturated heterocycles. The van der Waals surface area contributed by atoms with Gasteiger partial charge in [-0.05, 0) is 67.3 Å². The molecule has 1 heterocycles. The van der Waals surface area contributed by atoms with E-state index in [1.807, 2.05) is 44.3 Å². The lowest BCUT2D eigenvalue weighted by Gasteiger charge is -2.36. The van der Waals surface area contributed by atoms with E-state index in [4.69, 9.17) is 4.74 Å². The first-order chi connectivity index (χ1) is 13.6. The summed E-state index contributed by atoms with van der Waals surface area (Å²) in [6.45, 7) is 6.71. The van der Waals surface area contributed by atoms with E-state index >= 15 is 0 Å². The Morgan fingerprint density at radius 1 is 1.04 bits per heavy atom. The molecule has 0 unspecified atom stereocenters.